The predicted octanol–water partition coefficient (Wildman–Crippen LogP) is 0.518. The van der Waals surface area contributed by atoms with E-state index in [1.54, 1.807) is 32.3 Å². The van der Waals surface area contributed by atoms with Crippen molar-refractivity contribution in [3.63, 3.8) is 0 Å². The van der Waals surface area contributed by atoms with Crippen LogP contribution in [-0.4, -0.2) is 44.9 Å². The van der Waals surface area contributed by atoms with Crippen LogP contribution in [0.3, 0.4) is 0 Å². The lowest BCUT2D eigenvalue weighted by Gasteiger charge is -2.20. The lowest BCUT2D eigenvalue weighted by molar-refractivity contribution is 0.440. The van der Waals surface area contributed by atoms with Gasteiger partial charge in [-0.1, -0.05) is 6.07 Å². The van der Waals surface area contributed by atoms with Gasteiger partial charge in [0.1, 0.15) is 0 Å². The molecule has 0 aliphatic carbocycles. The molecule has 1 aromatic rings. The zero-order valence-corrected chi connectivity index (χ0v) is 12.4. The molecule has 1 heterocycles. The third-order valence-electron chi connectivity index (χ3n) is 2.77. The summed E-state index contributed by atoms with van der Waals surface area (Å²) >= 11 is 0. The molecule has 6 nitrogen and oxygen atoms in total. The van der Waals surface area contributed by atoms with Gasteiger partial charge in [-0.3, -0.25) is 4.98 Å². The molecular formula is C12H22N4O2S. The normalized spacial score (nSPS) is 13.7. The van der Waals surface area contributed by atoms with Crippen LogP contribution < -0.4 is 10.0 Å². The highest BCUT2D eigenvalue weighted by Gasteiger charge is 2.20. The molecule has 0 aliphatic heterocycles. The monoisotopic (exact) mass is 286 g/mol. The number of nitrogens with zero attached hydrogens (tertiary/aromatic N) is 2. The van der Waals surface area contributed by atoms with E-state index in [0.29, 0.717) is 12.2 Å². The van der Waals surface area contributed by atoms with Crippen molar-refractivity contribution in [1.82, 2.24) is 19.3 Å². The second kappa shape index (κ2) is 7.54. The van der Waals surface area contributed by atoms with E-state index in [9.17, 15) is 8.42 Å². The smallest absolute Gasteiger partial charge is 0.279 e. The Morgan fingerprint density at radius 1 is 1.42 bits per heavy atom. The second-order valence-electron chi connectivity index (χ2n) is 4.38. The van der Waals surface area contributed by atoms with Crippen molar-refractivity contribution < 1.29 is 8.42 Å². The Bertz CT molecular complexity index is 464. The molecule has 0 saturated carbocycles. The minimum Gasteiger partial charge on any atom is -0.320 e. The van der Waals surface area contributed by atoms with Crippen molar-refractivity contribution in [3.8, 4) is 0 Å². The first-order chi connectivity index (χ1) is 8.97. The molecule has 0 amide bonds. The van der Waals surface area contributed by atoms with Crippen molar-refractivity contribution in [2.75, 3.05) is 27.2 Å². The van der Waals surface area contributed by atoms with E-state index >= 15 is 0 Å². The number of rotatable bonds is 8. The van der Waals surface area contributed by atoms with Gasteiger partial charge in [-0.2, -0.15) is 17.4 Å². The summed E-state index contributed by atoms with van der Waals surface area (Å²) in [5.74, 6) is 0. The molecule has 0 spiro atoms. The topological polar surface area (TPSA) is 74.3 Å². The lowest BCUT2D eigenvalue weighted by Crippen LogP contribution is -2.40. The van der Waals surface area contributed by atoms with E-state index in [2.05, 4.69) is 15.0 Å². The SMILES string of the molecule is CNCCCN(C)S(=O)(=O)NC(C)c1ccccn1. The maximum atomic E-state index is 12.1. The Labute approximate surface area is 115 Å². The van der Waals surface area contributed by atoms with Crippen LogP contribution in [0.4, 0.5) is 0 Å². The van der Waals surface area contributed by atoms with Crippen LogP contribution in [0.1, 0.15) is 25.1 Å². The van der Waals surface area contributed by atoms with Crippen molar-refractivity contribution in [1.29, 1.82) is 0 Å². The maximum Gasteiger partial charge on any atom is 0.279 e. The second-order valence-corrected chi connectivity index (χ2v) is 6.19. The fourth-order valence-electron chi connectivity index (χ4n) is 1.60. The average Bonchev–Trinajstić information content (AvgIpc) is 2.39. The molecular weight excluding hydrogens is 264 g/mol. The third-order valence-corrected chi connectivity index (χ3v) is 4.42. The van der Waals surface area contributed by atoms with Crippen molar-refractivity contribution in [2.24, 2.45) is 0 Å². The van der Waals surface area contributed by atoms with Crippen molar-refractivity contribution in [2.45, 2.75) is 19.4 Å². The minimum absolute atomic E-state index is 0.349. The Balaban J connectivity index is 2.59. The number of pyridine rings is 1. The number of hydrogen-bond acceptors (Lipinski definition) is 4. The van der Waals surface area contributed by atoms with Gasteiger partial charge in [0.15, 0.2) is 0 Å². The minimum atomic E-state index is -3.47. The highest BCUT2D eigenvalue weighted by Crippen LogP contribution is 2.10. The molecule has 7 heteroatoms. The van der Waals surface area contributed by atoms with Gasteiger partial charge < -0.3 is 5.32 Å². The molecule has 0 bridgehead atoms. The summed E-state index contributed by atoms with van der Waals surface area (Å²) < 4.78 is 28.1. The molecule has 1 atom stereocenters. The van der Waals surface area contributed by atoms with E-state index < -0.39 is 10.2 Å². The van der Waals surface area contributed by atoms with Crippen LogP contribution >= 0.6 is 0 Å². The predicted molar refractivity (Wildman–Crippen MR) is 75.9 cm³/mol. The molecule has 0 aliphatic rings. The van der Waals surface area contributed by atoms with E-state index in [0.717, 1.165) is 13.0 Å². The van der Waals surface area contributed by atoms with E-state index in [4.69, 9.17) is 0 Å². The van der Waals surface area contributed by atoms with E-state index in [1.165, 1.54) is 4.31 Å². The van der Waals surface area contributed by atoms with Crippen LogP contribution in [0.15, 0.2) is 24.4 Å². The lowest BCUT2D eigenvalue weighted by atomic mass is 10.2. The largest absolute Gasteiger partial charge is 0.320 e. The fraction of sp³-hybridized carbons (Fsp3) is 0.583. The van der Waals surface area contributed by atoms with Crippen molar-refractivity contribution in [3.05, 3.63) is 30.1 Å². The van der Waals surface area contributed by atoms with Crippen LogP contribution in [0.5, 0.6) is 0 Å². The Morgan fingerprint density at radius 3 is 2.74 bits per heavy atom. The Morgan fingerprint density at radius 2 is 2.16 bits per heavy atom. The van der Waals surface area contributed by atoms with Gasteiger partial charge >= 0.3 is 0 Å². The van der Waals surface area contributed by atoms with Gasteiger partial charge in [0.25, 0.3) is 10.2 Å². The van der Waals surface area contributed by atoms with Gasteiger partial charge in [0.05, 0.1) is 11.7 Å². The van der Waals surface area contributed by atoms with Crippen LogP contribution in [0, 0.1) is 0 Å². The van der Waals surface area contributed by atoms with E-state index in [-0.39, 0.29) is 6.04 Å². The van der Waals surface area contributed by atoms with Gasteiger partial charge in [-0.15, -0.1) is 0 Å². The standard InChI is InChI=1S/C12H22N4O2S/c1-11(12-7-4-5-9-14-12)15-19(17,18)16(3)10-6-8-13-2/h4-5,7,9,11,13,15H,6,8,10H2,1-3H3. The molecule has 0 radical (unpaired) electrons. The Kier molecular flexibility index (Phi) is 6.36. The zero-order valence-electron chi connectivity index (χ0n) is 11.6. The van der Waals surface area contributed by atoms with Crippen molar-refractivity contribution >= 4 is 10.2 Å². The van der Waals surface area contributed by atoms with Gasteiger partial charge in [0.2, 0.25) is 0 Å². The molecule has 0 fully saturated rings. The number of hydrogen-bond donors (Lipinski definition) is 2. The van der Waals surface area contributed by atoms with Gasteiger partial charge in [-0.25, -0.2) is 0 Å². The zero-order chi connectivity index (χ0) is 14.3. The van der Waals surface area contributed by atoms with Crippen LogP contribution in [-0.2, 0) is 10.2 Å². The molecule has 108 valence electrons. The highest BCUT2D eigenvalue weighted by atomic mass is 32.2. The van der Waals surface area contributed by atoms with Crippen LogP contribution in [0.25, 0.3) is 0 Å². The van der Waals surface area contributed by atoms with Crippen LogP contribution in [0.2, 0.25) is 0 Å². The van der Waals surface area contributed by atoms with Gasteiger partial charge in [0, 0.05) is 19.8 Å². The van der Waals surface area contributed by atoms with E-state index in [1.807, 2.05) is 13.1 Å². The molecule has 1 rings (SSSR count). The molecule has 19 heavy (non-hydrogen) atoms. The third kappa shape index (κ3) is 5.23. The molecule has 1 unspecified atom stereocenters. The summed E-state index contributed by atoms with van der Waals surface area (Å²) in [5.41, 5.74) is 0.703. The molecule has 1 aromatic heterocycles. The molecule has 0 saturated heterocycles. The fourth-order valence-corrected chi connectivity index (χ4v) is 2.72. The number of aromatic nitrogens is 1. The summed E-state index contributed by atoms with van der Waals surface area (Å²) in [6.07, 6.45) is 2.42. The molecule has 2 N–H and O–H groups in total. The summed E-state index contributed by atoms with van der Waals surface area (Å²) in [4.78, 5) is 4.14. The summed E-state index contributed by atoms with van der Waals surface area (Å²) in [5, 5.41) is 2.99. The summed E-state index contributed by atoms with van der Waals surface area (Å²) in [6, 6.07) is 5.09. The van der Waals surface area contributed by atoms with Gasteiger partial charge in [-0.05, 0) is 39.1 Å². The molecule has 0 aromatic carbocycles. The first-order valence-corrected chi connectivity index (χ1v) is 7.70. The highest BCUT2D eigenvalue weighted by molar-refractivity contribution is 7.87. The first-order valence-electron chi connectivity index (χ1n) is 6.26. The maximum absolute atomic E-state index is 12.1. The Hall–Kier alpha value is -1.02. The first kappa shape index (κ1) is 16.0. The quantitative estimate of drug-likeness (QED) is 0.683. The summed E-state index contributed by atoms with van der Waals surface area (Å²) in [7, 11) is -0.0569. The average molecular weight is 286 g/mol. The summed E-state index contributed by atoms with van der Waals surface area (Å²) in [6.45, 7) is 3.04. The number of nitrogens with one attached hydrogen (secondary N) is 2.